The van der Waals surface area contributed by atoms with E-state index in [1.165, 1.54) is 12.1 Å². The molecule has 1 amide bonds. The van der Waals surface area contributed by atoms with Crippen molar-refractivity contribution in [2.24, 2.45) is 5.14 Å². The van der Waals surface area contributed by atoms with Gasteiger partial charge in [0.25, 0.3) is 5.91 Å². The number of amides is 1. The molecule has 0 bridgehead atoms. The first-order valence-electron chi connectivity index (χ1n) is 7.80. The molecule has 3 N–H and O–H groups in total. The number of halogens is 1. The molecule has 0 aliphatic rings. The highest BCUT2D eigenvalue weighted by molar-refractivity contribution is 7.89. The maximum atomic E-state index is 12.5. The Labute approximate surface area is 155 Å². The van der Waals surface area contributed by atoms with E-state index < -0.39 is 10.0 Å². The van der Waals surface area contributed by atoms with E-state index in [4.69, 9.17) is 16.7 Å². The van der Waals surface area contributed by atoms with Crippen LogP contribution in [0, 0.1) is 6.92 Å². The number of primary sulfonamides is 1. The number of benzene rings is 1. The number of rotatable bonds is 5. The van der Waals surface area contributed by atoms with E-state index in [1.54, 1.807) is 41.8 Å². The summed E-state index contributed by atoms with van der Waals surface area (Å²) in [5, 5.41) is 8.43. The molecule has 3 aromatic rings. The van der Waals surface area contributed by atoms with E-state index in [9.17, 15) is 13.2 Å². The Morgan fingerprint density at radius 2 is 1.92 bits per heavy atom. The average Bonchev–Trinajstić information content (AvgIpc) is 2.89. The molecule has 0 aliphatic heterocycles. The fourth-order valence-electron chi connectivity index (χ4n) is 2.66. The van der Waals surface area contributed by atoms with Crippen molar-refractivity contribution < 1.29 is 13.2 Å². The van der Waals surface area contributed by atoms with Gasteiger partial charge in [-0.05, 0) is 43.2 Å². The van der Waals surface area contributed by atoms with E-state index >= 15 is 0 Å². The molecule has 0 spiro atoms. The first-order chi connectivity index (χ1) is 12.3. The van der Waals surface area contributed by atoms with Gasteiger partial charge < -0.3 is 5.32 Å². The van der Waals surface area contributed by atoms with E-state index in [0.717, 1.165) is 5.56 Å². The Bertz CT molecular complexity index is 1080. The van der Waals surface area contributed by atoms with E-state index in [1.807, 2.05) is 0 Å². The third kappa shape index (κ3) is 3.87. The molecule has 26 heavy (non-hydrogen) atoms. The summed E-state index contributed by atoms with van der Waals surface area (Å²) in [7, 11) is -3.70. The number of nitrogens with zero attached hydrogens (tertiary/aromatic N) is 2. The Morgan fingerprint density at radius 3 is 2.58 bits per heavy atom. The van der Waals surface area contributed by atoms with Crippen LogP contribution in [0.5, 0.6) is 0 Å². The Balaban J connectivity index is 1.68. The molecular weight excluding hydrogens is 376 g/mol. The van der Waals surface area contributed by atoms with Gasteiger partial charge in [-0.1, -0.05) is 23.7 Å². The molecule has 1 aromatic carbocycles. The van der Waals surface area contributed by atoms with Crippen LogP contribution < -0.4 is 10.5 Å². The van der Waals surface area contributed by atoms with Gasteiger partial charge in [0, 0.05) is 12.7 Å². The summed E-state index contributed by atoms with van der Waals surface area (Å²) in [4.78, 5) is 16.9. The first kappa shape index (κ1) is 18.4. The molecule has 3 rings (SSSR count). The summed E-state index contributed by atoms with van der Waals surface area (Å²) < 4.78 is 24.2. The van der Waals surface area contributed by atoms with Gasteiger partial charge in [0.1, 0.15) is 11.3 Å². The summed E-state index contributed by atoms with van der Waals surface area (Å²) in [6.07, 6.45) is 2.20. The number of carbonyl (C=O) groups excluding carboxylic acids is 1. The molecule has 2 aromatic heterocycles. The smallest absolute Gasteiger partial charge is 0.270 e. The summed E-state index contributed by atoms with van der Waals surface area (Å²) in [5.74, 6) is -0.251. The van der Waals surface area contributed by atoms with Gasteiger partial charge in [0.15, 0.2) is 0 Å². The number of aromatic nitrogens is 2. The summed E-state index contributed by atoms with van der Waals surface area (Å²) in [6, 6.07) is 9.71. The highest BCUT2D eigenvalue weighted by atomic mass is 35.5. The van der Waals surface area contributed by atoms with Gasteiger partial charge in [-0.15, -0.1) is 0 Å². The van der Waals surface area contributed by atoms with Crippen molar-refractivity contribution in [3.63, 3.8) is 0 Å². The molecule has 0 aliphatic carbocycles. The zero-order valence-corrected chi connectivity index (χ0v) is 15.5. The van der Waals surface area contributed by atoms with Crippen LogP contribution in [0.3, 0.4) is 0 Å². The van der Waals surface area contributed by atoms with Gasteiger partial charge in [-0.25, -0.2) is 18.5 Å². The van der Waals surface area contributed by atoms with Gasteiger partial charge in [-0.2, -0.15) is 0 Å². The topological polar surface area (TPSA) is 107 Å². The third-order valence-corrected chi connectivity index (χ3v) is 5.08. The lowest BCUT2D eigenvalue weighted by atomic mass is 10.1. The van der Waals surface area contributed by atoms with E-state index in [0.29, 0.717) is 35.0 Å². The van der Waals surface area contributed by atoms with Crippen LogP contribution in [0.2, 0.25) is 5.02 Å². The van der Waals surface area contributed by atoms with Crippen LogP contribution in [0.25, 0.3) is 5.65 Å². The fourth-order valence-corrected chi connectivity index (χ4v) is 3.34. The normalized spacial score (nSPS) is 11.7. The van der Waals surface area contributed by atoms with Crippen molar-refractivity contribution in [3.05, 3.63) is 64.6 Å². The number of fused-ring (bicyclic) bond motifs is 1. The molecule has 0 unspecified atom stereocenters. The number of pyridine rings is 1. The fraction of sp³-hybridized carbons (Fsp3) is 0.176. The molecule has 136 valence electrons. The second-order valence-corrected chi connectivity index (χ2v) is 7.81. The number of hydrogen-bond acceptors (Lipinski definition) is 4. The minimum Gasteiger partial charge on any atom is -0.350 e. The van der Waals surface area contributed by atoms with Crippen molar-refractivity contribution in [1.82, 2.24) is 14.7 Å². The largest absolute Gasteiger partial charge is 0.350 e. The average molecular weight is 393 g/mol. The minimum absolute atomic E-state index is 0.0588. The van der Waals surface area contributed by atoms with Crippen molar-refractivity contribution in [3.8, 4) is 0 Å². The first-order valence-corrected chi connectivity index (χ1v) is 9.72. The van der Waals surface area contributed by atoms with Crippen molar-refractivity contribution in [1.29, 1.82) is 0 Å². The van der Waals surface area contributed by atoms with Crippen molar-refractivity contribution in [2.45, 2.75) is 18.2 Å². The quantitative estimate of drug-likeness (QED) is 0.691. The second-order valence-electron chi connectivity index (χ2n) is 5.82. The van der Waals surface area contributed by atoms with Crippen LogP contribution in [0.4, 0.5) is 0 Å². The maximum absolute atomic E-state index is 12.5. The Morgan fingerprint density at radius 1 is 1.23 bits per heavy atom. The zero-order chi connectivity index (χ0) is 18.9. The molecule has 2 heterocycles. The van der Waals surface area contributed by atoms with E-state index in [2.05, 4.69) is 10.3 Å². The number of nitrogens with two attached hydrogens (primary N) is 1. The summed E-state index contributed by atoms with van der Waals surface area (Å²) in [5.41, 5.74) is 2.58. The molecule has 0 atom stereocenters. The SMILES string of the molecule is Cc1nc2ccc(Cl)cn2c1C(=O)NCCc1ccc(S(N)(=O)=O)cc1. The molecular formula is C17H17ClN4O3S. The van der Waals surface area contributed by atoms with Gasteiger partial charge in [0.05, 0.1) is 15.6 Å². The molecule has 7 nitrogen and oxygen atoms in total. The lowest BCUT2D eigenvalue weighted by molar-refractivity contribution is 0.0947. The number of nitrogens with one attached hydrogen (secondary N) is 1. The highest BCUT2D eigenvalue weighted by Gasteiger charge is 2.16. The zero-order valence-electron chi connectivity index (χ0n) is 13.9. The lowest BCUT2D eigenvalue weighted by Gasteiger charge is -2.07. The Kier molecular flexibility index (Phi) is 4.99. The van der Waals surface area contributed by atoms with Crippen LogP contribution in [-0.2, 0) is 16.4 Å². The Hall–Kier alpha value is -2.42. The summed E-state index contributed by atoms with van der Waals surface area (Å²) >= 11 is 6.00. The molecule has 0 fully saturated rings. The number of aryl methyl sites for hydroxylation is 1. The standard InChI is InChI=1S/C17H17ClN4O3S/c1-11-16(22-10-13(18)4-7-15(22)21-11)17(23)20-9-8-12-2-5-14(6-3-12)26(19,24)25/h2-7,10H,8-9H2,1H3,(H,20,23)(H2,19,24,25). The molecule has 0 radical (unpaired) electrons. The van der Waals surface area contributed by atoms with E-state index in [-0.39, 0.29) is 10.8 Å². The number of sulfonamides is 1. The van der Waals surface area contributed by atoms with Crippen LogP contribution in [0.15, 0.2) is 47.5 Å². The molecule has 0 saturated heterocycles. The molecule has 9 heteroatoms. The van der Waals surface area contributed by atoms with Gasteiger partial charge in [0.2, 0.25) is 10.0 Å². The second kappa shape index (κ2) is 7.06. The van der Waals surface area contributed by atoms with Crippen LogP contribution in [-0.4, -0.2) is 30.3 Å². The predicted molar refractivity (Wildman–Crippen MR) is 98.8 cm³/mol. The third-order valence-electron chi connectivity index (χ3n) is 3.92. The van der Waals surface area contributed by atoms with Crippen molar-refractivity contribution >= 4 is 33.2 Å². The van der Waals surface area contributed by atoms with Gasteiger partial charge >= 0.3 is 0 Å². The van der Waals surface area contributed by atoms with Crippen molar-refractivity contribution in [2.75, 3.05) is 6.54 Å². The van der Waals surface area contributed by atoms with Crippen LogP contribution in [0.1, 0.15) is 21.7 Å². The number of imidazole rings is 1. The number of carbonyl (C=O) groups is 1. The highest BCUT2D eigenvalue weighted by Crippen LogP contribution is 2.16. The minimum atomic E-state index is -3.70. The van der Waals surface area contributed by atoms with Gasteiger partial charge in [-0.3, -0.25) is 9.20 Å². The lowest BCUT2D eigenvalue weighted by Crippen LogP contribution is -2.27. The summed E-state index contributed by atoms with van der Waals surface area (Å²) in [6.45, 7) is 2.16. The monoisotopic (exact) mass is 392 g/mol. The number of hydrogen-bond donors (Lipinski definition) is 2. The predicted octanol–water partition coefficient (Wildman–Crippen LogP) is 1.92. The molecule has 0 saturated carbocycles. The van der Waals surface area contributed by atoms with Crippen LogP contribution >= 0.6 is 11.6 Å². The maximum Gasteiger partial charge on any atom is 0.270 e.